The molecule has 1 aliphatic heterocycles. The fourth-order valence-corrected chi connectivity index (χ4v) is 5.09. The van der Waals surface area contributed by atoms with Crippen LogP contribution in [0.15, 0.2) is 30.3 Å². The Kier molecular flexibility index (Phi) is 5.65. The van der Waals surface area contributed by atoms with Crippen LogP contribution in [0, 0.1) is 23.3 Å². The highest BCUT2D eigenvalue weighted by atomic mass is 32.1. The smallest absolute Gasteiger partial charge is 0.413 e. The molecule has 3 amide bonds. The lowest BCUT2D eigenvalue weighted by Crippen LogP contribution is -2.43. The molecule has 15 heteroatoms. The summed E-state index contributed by atoms with van der Waals surface area (Å²) in [4.78, 5) is 27.1. The molecular formula is C22H13F7N4O3S. The second-order valence-electron chi connectivity index (χ2n) is 8.44. The van der Waals surface area contributed by atoms with Crippen LogP contribution in [-0.2, 0) is 11.3 Å². The van der Waals surface area contributed by atoms with Crippen LogP contribution in [0.3, 0.4) is 0 Å². The molecular weight excluding hydrogens is 533 g/mol. The number of nitrogens with zero attached hydrogens (tertiary/aromatic N) is 4. The zero-order valence-corrected chi connectivity index (χ0v) is 19.0. The van der Waals surface area contributed by atoms with Gasteiger partial charge >= 0.3 is 12.2 Å². The molecule has 7 nitrogen and oxygen atoms in total. The standard InChI is InChI=1S/C22H13F7N4O3S/c23-9-1-2-10(13(25)7-9)17(22(27,28)29)33-19(35)21(5-6-21)32(20(33)36)8-14-30-31-18(37-14)11-3-4-12(24)16(34)15(11)26/h1-4,7,17,34H,5-6,8H2/t17-/m0/s1. The Balaban J connectivity index is 1.48. The van der Waals surface area contributed by atoms with E-state index >= 15 is 0 Å². The minimum absolute atomic E-state index is 0.00371. The Bertz CT molecular complexity index is 1440. The maximum atomic E-state index is 14.3. The first-order valence-corrected chi connectivity index (χ1v) is 11.3. The van der Waals surface area contributed by atoms with E-state index < -0.39 is 70.8 Å². The average Bonchev–Trinajstić information content (AvgIpc) is 3.45. The van der Waals surface area contributed by atoms with Crippen molar-refractivity contribution in [1.82, 2.24) is 20.0 Å². The summed E-state index contributed by atoms with van der Waals surface area (Å²) in [7, 11) is 0. The second kappa shape index (κ2) is 8.39. The molecule has 1 saturated heterocycles. The summed E-state index contributed by atoms with van der Waals surface area (Å²) in [5.74, 6) is -7.67. The molecule has 0 bridgehead atoms. The number of carbonyl (C=O) groups excluding carboxylic acids is 2. The lowest BCUT2D eigenvalue weighted by molar-refractivity contribution is -0.183. The van der Waals surface area contributed by atoms with E-state index in [1.807, 2.05) is 0 Å². The summed E-state index contributed by atoms with van der Waals surface area (Å²) < 4.78 is 97.5. The number of rotatable bonds is 5. The number of halogens is 7. The summed E-state index contributed by atoms with van der Waals surface area (Å²) in [6, 6.07) is -1.25. The molecule has 1 saturated carbocycles. The Morgan fingerprint density at radius 3 is 2.35 bits per heavy atom. The number of hydrogen-bond acceptors (Lipinski definition) is 6. The molecule has 5 rings (SSSR count). The highest BCUT2D eigenvalue weighted by Crippen LogP contribution is 2.53. The molecule has 37 heavy (non-hydrogen) atoms. The number of hydrogen-bond donors (Lipinski definition) is 1. The van der Waals surface area contributed by atoms with E-state index in [1.165, 1.54) is 0 Å². The normalized spacial score (nSPS) is 17.7. The van der Waals surface area contributed by atoms with Crippen LogP contribution >= 0.6 is 11.3 Å². The number of phenols is 1. The molecule has 2 fully saturated rings. The summed E-state index contributed by atoms with van der Waals surface area (Å²) in [5.41, 5.74) is -3.02. The zero-order chi connectivity index (χ0) is 26.9. The van der Waals surface area contributed by atoms with Crippen LogP contribution in [0.2, 0.25) is 0 Å². The molecule has 3 aromatic rings. The molecule has 194 valence electrons. The Hall–Kier alpha value is -3.75. The molecule has 2 aliphatic rings. The summed E-state index contributed by atoms with van der Waals surface area (Å²) in [6.07, 6.45) is -5.21. The third kappa shape index (κ3) is 3.97. The Morgan fingerprint density at radius 1 is 1.03 bits per heavy atom. The molecule has 2 aromatic carbocycles. The third-order valence-electron chi connectivity index (χ3n) is 6.18. The fourth-order valence-electron chi connectivity index (χ4n) is 4.24. The number of carbonyl (C=O) groups is 2. The number of phenolic OH excluding ortho intramolecular Hbond substituents is 1. The van der Waals surface area contributed by atoms with Crippen molar-refractivity contribution in [2.45, 2.75) is 37.1 Å². The van der Waals surface area contributed by atoms with Crippen molar-refractivity contribution >= 4 is 23.3 Å². The summed E-state index contributed by atoms with van der Waals surface area (Å²) in [5, 5.41) is 16.9. The molecule has 0 radical (unpaired) electrons. The van der Waals surface area contributed by atoms with Crippen LogP contribution in [-0.4, -0.2) is 48.8 Å². The van der Waals surface area contributed by atoms with E-state index in [0.717, 1.165) is 17.0 Å². The third-order valence-corrected chi connectivity index (χ3v) is 7.12. The van der Waals surface area contributed by atoms with Crippen LogP contribution in [0.1, 0.15) is 29.5 Å². The SMILES string of the molecule is O=C1N([C@@H](c2ccc(F)cc2F)C(F)(F)F)C(=O)C2(CC2)N1Cc1nnc(-c2ccc(F)c(O)c2F)s1. The molecule has 1 N–H and O–H groups in total. The molecule has 1 aliphatic carbocycles. The van der Waals surface area contributed by atoms with E-state index in [4.69, 9.17) is 0 Å². The predicted molar refractivity (Wildman–Crippen MR) is 112 cm³/mol. The van der Waals surface area contributed by atoms with E-state index in [1.54, 1.807) is 0 Å². The van der Waals surface area contributed by atoms with Gasteiger partial charge in [-0.15, -0.1) is 10.2 Å². The van der Waals surface area contributed by atoms with Gasteiger partial charge in [-0.3, -0.25) is 4.79 Å². The topological polar surface area (TPSA) is 86.6 Å². The number of urea groups is 1. The number of imide groups is 1. The highest BCUT2D eigenvalue weighted by Gasteiger charge is 2.68. The van der Waals surface area contributed by atoms with Gasteiger partial charge in [0.15, 0.2) is 28.4 Å². The van der Waals surface area contributed by atoms with Gasteiger partial charge in [-0.1, -0.05) is 17.4 Å². The van der Waals surface area contributed by atoms with Gasteiger partial charge in [0.2, 0.25) is 0 Å². The summed E-state index contributed by atoms with van der Waals surface area (Å²) >= 11 is 0.706. The van der Waals surface area contributed by atoms with Crippen LogP contribution < -0.4 is 0 Å². The van der Waals surface area contributed by atoms with E-state index in [-0.39, 0.29) is 39.4 Å². The maximum Gasteiger partial charge on any atom is 0.413 e. The van der Waals surface area contributed by atoms with Crippen LogP contribution in [0.5, 0.6) is 5.75 Å². The van der Waals surface area contributed by atoms with E-state index in [2.05, 4.69) is 10.2 Å². The molecule has 0 unspecified atom stereocenters. The van der Waals surface area contributed by atoms with Gasteiger partial charge in [0.25, 0.3) is 5.91 Å². The van der Waals surface area contributed by atoms with Crippen molar-refractivity contribution in [2.75, 3.05) is 0 Å². The van der Waals surface area contributed by atoms with Crippen molar-refractivity contribution in [3.05, 3.63) is 64.2 Å². The van der Waals surface area contributed by atoms with Crippen molar-refractivity contribution in [3.8, 4) is 16.3 Å². The first-order chi connectivity index (χ1) is 17.3. The van der Waals surface area contributed by atoms with Gasteiger partial charge in [0.1, 0.15) is 22.2 Å². The minimum atomic E-state index is -5.28. The minimum Gasteiger partial charge on any atom is -0.503 e. The molecule has 1 spiro atoms. The first-order valence-electron chi connectivity index (χ1n) is 10.5. The van der Waals surface area contributed by atoms with Crippen molar-refractivity contribution in [2.24, 2.45) is 0 Å². The second-order valence-corrected chi connectivity index (χ2v) is 9.51. The van der Waals surface area contributed by atoms with E-state index in [0.29, 0.717) is 23.5 Å². The van der Waals surface area contributed by atoms with Crippen LogP contribution in [0.25, 0.3) is 10.6 Å². The van der Waals surface area contributed by atoms with Crippen LogP contribution in [0.4, 0.5) is 35.5 Å². The quantitative estimate of drug-likeness (QED) is 0.357. The lowest BCUT2D eigenvalue weighted by atomic mass is 10.0. The van der Waals surface area contributed by atoms with Gasteiger partial charge < -0.3 is 10.0 Å². The molecule has 2 heterocycles. The van der Waals surface area contributed by atoms with E-state index in [9.17, 15) is 45.4 Å². The Labute approximate surface area is 206 Å². The number of alkyl halides is 3. The highest BCUT2D eigenvalue weighted by molar-refractivity contribution is 7.14. The average molecular weight is 546 g/mol. The lowest BCUT2D eigenvalue weighted by Gasteiger charge is -2.28. The van der Waals surface area contributed by atoms with Gasteiger partial charge in [-0.2, -0.15) is 13.2 Å². The number of benzene rings is 2. The van der Waals surface area contributed by atoms with Gasteiger partial charge in [-0.05, 0) is 31.0 Å². The number of aromatic hydroxyl groups is 1. The summed E-state index contributed by atoms with van der Waals surface area (Å²) in [6.45, 7) is -0.482. The van der Waals surface area contributed by atoms with Crippen molar-refractivity contribution in [1.29, 1.82) is 0 Å². The van der Waals surface area contributed by atoms with Crippen molar-refractivity contribution in [3.63, 3.8) is 0 Å². The molecule has 1 atom stereocenters. The first kappa shape index (κ1) is 24.9. The predicted octanol–water partition coefficient (Wildman–Crippen LogP) is 5.07. The molecule has 1 aromatic heterocycles. The number of amides is 3. The van der Waals surface area contributed by atoms with Gasteiger partial charge in [-0.25, -0.2) is 27.3 Å². The largest absolute Gasteiger partial charge is 0.503 e. The maximum absolute atomic E-state index is 14.3. The zero-order valence-electron chi connectivity index (χ0n) is 18.2. The number of aromatic nitrogens is 2. The van der Waals surface area contributed by atoms with Gasteiger partial charge in [0.05, 0.1) is 12.1 Å². The fraction of sp³-hybridized carbons (Fsp3) is 0.273. The monoisotopic (exact) mass is 546 g/mol. The van der Waals surface area contributed by atoms with Gasteiger partial charge in [0, 0.05) is 11.6 Å². The van der Waals surface area contributed by atoms with Crippen molar-refractivity contribution < 1.29 is 45.4 Å². The Morgan fingerprint density at radius 2 is 1.73 bits per heavy atom.